The average molecular weight is 431 g/mol. The van der Waals surface area contributed by atoms with E-state index in [1.165, 1.54) is 12.1 Å². The molecular formula is C18H26N2O6S2. The van der Waals surface area contributed by atoms with Crippen molar-refractivity contribution in [2.75, 3.05) is 19.7 Å². The number of piperidine rings is 1. The summed E-state index contributed by atoms with van der Waals surface area (Å²) >= 11 is 0. The van der Waals surface area contributed by atoms with Gasteiger partial charge in [0.1, 0.15) is 0 Å². The van der Waals surface area contributed by atoms with E-state index in [2.05, 4.69) is 5.32 Å². The van der Waals surface area contributed by atoms with Crippen LogP contribution in [0, 0.1) is 6.92 Å². The molecule has 8 nitrogen and oxygen atoms in total. The van der Waals surface area contributed by atoms with Gasteiger partial charge >= 0.3 is 10.1 Å². The first-order valence-corrected chi connectivity index (χ1v) is 12.5. The molecule has 2 saturated heterocycles. The Balaban J connectivity index is 1.60. The molecule has 1 atom stereocenters. The Kier molecular flexibility index (Phi) is 5.30. The van der Waals surface area contributed by atoms with Gasteiger partial charge in [-0.2, -0.15) is 12.7 Å². The van der Waals surface area contributed by atoms with Crippen LogP contribution in [-0.2, 0) is 29.2 Å². The van der Waals surface area contributed by atoms with E-state index in [9.17, 15) is 16.8 Å². The second-order valence-corrected chi connectivity index (χ2v) is 11.5. The first-order chi connectivity index (χ1) is 13.2. The van der Waals surface area contributed by atoms with Crippen molar-refractivity contribution in [3.8, 4) is 0 Å². The molecule has 156 valence electrons. The third-order valence-electron chi connectivity index (χ3n) is 5.68. The van der Waals surface area contributed by atoms with Crippen LogP contribution in [0.4, 0.5) is 0 Å². The highest BCUT2D eigenvalue weighted by Gasteiger charge is 2.51. The van der Waals surface area contributed by atoms with E-state index in [-0.39, 0.29) is 11.5 Å². The fraction of sp³-hybridized carbons (Fsp3) is 0.667. The Morgan fingerprint density at radius 2 is 1.75 bits per heavy atom. The summed E-state index contributed by atoms with van der Waals surface area (Å²) in [6.45, 7) is 3.57. The third kappa shape index (κ3) is 3.99. The van der Waals surface area contributed by atoms with E-state index in [0.29, 0.717) is 19.3 Å². The molecular weight excluding hydrogens is 404 g/mol. The highest BCUT2D eigenvalue weighted by Crippen LogP contribution is 2.40. The molecule has 1 N–H and O–H groups in total. The minimum atomic E-state index is -4.27. The zero-order chi connectivity index (χ0) is 20.0. The highest BCUT2D eigenvalue weighted by atomic mass is 32.2. The van der Waals surface area contributed by atoms with Gasteiger partial charge in [-0.25, -0.2) is 8.42 Å². The molecule has 0 bridgehead atoms. The van der Waals surface area contributed by atoms with Crippen LogP contribution in [0.15, 0.2) is 29.2 Å². The Labute approximate surface area is 166 Å². The molecule has 3 aliphatic rings. The lowest BCUT2D eigenvalue weighted by Crippen LogP contribution is -2.46. The van der Waals surface area contributed by atoms with E-state index in [1.807, 2.05) is 6.92 Å². The summed E-state index contributed by atoms with van der Waals surface area (Å²) in [6.07, 6.45) is 3.02. The largest absolute Gasteiger partial charge is 0.373 e. The summed E-state index contributed by atoms with van der Waals surface area (Å²) in [5, 5.41) is 2.69. The van der Waals surface area contributed by atoms with Crippen LogP contribution in [-0.4, -0.2) is 57.9 Å². The number of hydrogen-bond acceptors (Lipinski definition) is 7. The van der Waals surface area contributed by atoms with Gasteiger partial charge in [-0.05, 0) is 64.3 Å². The summed E-state index contributed by atoms with van der Waals surface area (Å²) in [5.41, 5.74) is 0.489. The van der Waals surface area contributed by atoms with Crippen molar-refractivity contribution < 1.29 is 25.9 Å². The number of rotatable bonds is 6. The predicted molar refractivity (Wildman–Crippen MR) is 102 cm³/mol. The van der Waals surface area contributed by atoms with Gasteiger partial charge in [0.05, 0.1) is 28.4 Å². The van der Waals surface area contributed by atoms with E-state index < -0.39 is 37.0 Å². The fourth-order valence-corrected chi connectivity index (χ4v) is 6.88. The SMILES string of the molecule is Cc1ccc(S(=O)(=O)ON([C@H]2COC3(CCNCC3)C2)S(=O)(=O)C2CC2)cc1. The molecule has 2 aliphatic heterocycles. The van der Waals surface area contributed by atoms with E-state index in [1.54, 1.807) is 12.1 Å². The molecule has 0 radical (unpaired) electrons. The van der Waals surface area contributed by atoms with Crippen molar-refractivity contribution in [3.63, 3.8) is 0 Å². The number of nitrogens with zero attached hydrogens (tertiary/aromatic N) is 1. The molecule has 0 unspecified atom stereocenters. The van der Waals surface area contributed by atoms with Crippen LogP contribution < -0.4 is 5.32 Å². The lowest BCUT2D eigenvalue weighted by atomic mass is 9.88. The Morgan fingerprint density at radius 3 is 2.36 bits per heavy atom. The standard InChI is InChI=1S/C18H26N2O6S2/c1-14-2-4-17(5-3-14)28(23,24)26-20(27(21,22)16-6-7-16)15-12-18(25-13-15)8-10-19-11-9-18/h2-5,15-16,19H,6-13H2,1H3/t15-/m1/s1. The monoisotopic (exact) mass is 430 g/mol. The zero-order valence-electron chi connectivity index (χ0n) is 15.8. The molecule has 1 spiro atoms. The minimum absolute atomic E-state index is 0.0652. The maximum absolute atomic E-state index is 13.0. The van der Waals surface area contributed by atoms with Gasteiger partial charge in [-0.1, -0.05) is 22.2 Å². The number of ether oxygens (including phenoxy) is 1. The maximum Gasteiger partial charge on any atom is 0.314 e. The molecule has 10 heteroatoms. The summed E-state index contributed by atoms with van der Waals surface area (Å²) in [6, 6.07) is 5.50. The second kappa shape index (κ2) is 7.33. The van der Waals surface area contributed by atoms with Gasteiger partial charge in [0, 0.05) is 0 Å². The zero-order valence-corrected chi connectivity index (χ0v) is 17.5. The van der Waals surface area contributed by atoms with Crippen LogP contribution in [0.3, 0.4) is 0 Å². The van der Waals surface area contributed by atoms with E-state index >= 15 is 0 Å². The Hall–Kier alpha value is -1.04. The average Bonchev–Trinajstić information content (AvgIpc) is 3.45. The molecule has 0 amide bonds. The minimum Gasteiger partial charge on any atom is -0.373 e. The Bertz CT molecular complexity index is 919. The highest BCUT2D eigenvalue weighted by molar-refractivity contribution is 7.91. The molecule has 2 heterocycles. The third-order valence-corrected chi connectivity index (χ3v) is 9.17. The van der Waals surface area contributed by atoms with Gasteiger partial charge in [0.2, 0.25) is 10.0 Å². The predicted octanol–water partition coefficient (Wildman–Crippen LogP) is 1.32. The summed E-state index contributed by atoms with van der Waals surface area (Å²) in [7, 11) is -8.15. The van der Waals surface area contributed by atoms with Gasteiger partial charge in [0.15, 0.2) is 0 Å². The quantitative estimate of drug-likeness (QED) is 0.679. The van der Waals surface area contributed by atoms with Crippen LogP contribution >= 0.6 is 0 Å². The van der Waals surface area contributed by atoms with E-state index in [0.717, 1.165) is 36.0 Å². The fourth-order valence-electron chi connectivity index (χ4n) is 3.86. The van der Waals surface area contributed by atoms with Crippen LogP contribution in [0.2, 0.25) is 0 Å². The first-order valence-electron chi connectivity index (χ1n) is 9.61. The summed E-state index contributed by atoms with van der Waals surface area (Å²) in [4.78, 5) is -0.0652. The van der Waals surface area contributed by atoms with Crippen molar-refractivity contribution >= 4 is 20.1 Å². The van der Waals surface area contributed by atoms with Crippen LogP contribution in [0.1, 0.15) is 37.7 Å². The molecule has 1 aromatic carbocycles. The molecule has 1 aliphatic carbocycles. The number of sulfonamides is 1. The topological polar surface area (TPSA) is 102 Å². The van der Waals surface area contributed by atoms with Crippen molar-refractivity contribution in [1.29, 1.82) is 0 Å². The first kappa shape index (κ1) is 20.2. The smallest absolute Gasteiger partial charge is 0.314 e. The number of hydrogen-bond donors (Lipinski definition) is 1. The summed E-state index contributed by atoms with van der Waals surface area (Å²) < 4.78 is 63.5. The van der Waals surface area contributed by atoms with Crippen molar-refractivity contribution in [1.82, 2.24) is 9.79 Å². The summed E-state index contributed by atoms with van der Waals surface area (Å²) in [5.74, 6) is 0. The molecule has 3 fully saturated rings. The lowest BCUT2D eigenvalue weighted by molar-refractivity contribution is -0.0257. The lowest BCUT2D eigenvalue weighted by Gasteiger charge is -2.33. The maximum atomic E-state index is 13.0. The molecule has 0 aromatic heterocycles. The van der Waals surface area contributed by atoms with Crippen molar-refractivity contribution in [2.24, 2.45) is 0 Å². The van der Waals surface area contributed by atoms with Gasteiger partial charge in [-0.15, -0.1) is 0 Å². The second-order valence-electron chi connectivity index (χ2n) is 7.94. The van der Waals surface area contributed by atoms with Gasteiger partial charge in [0.25, 0.3) is 0 Å². The number of benzene rings is 1. The number of aryl methyl sites for hydroxylation is 1. The molecule has 4 rings (SSSR count). The van der Waals surface area contributed by atoms with E-state index in [4.69, 9.17) is 9.02 Å². The van der Waals surface area contributed by atoms with Crippen molar-refractivity contribution in [3.05, 3.63) is 29.8 Å². The van der Waals surface area contributed by atoms with Gasteiger partial charge in [-0.3, -0.25) is 0 Å². The molecule has 28 heavy (non-hydrogen) atoms. The molecule has 1 saturated carbocycles. The van der Waals surface area contributed by atoms with Crippen LogP contribution in [0.25, 0.3) is 0 Å². The number of nitrogens with one attached hydrogen (secondary N) is 1. The van der Waals surface area contributed by atoms with Crippen molar-refractivity contribution in [2.45, 2.75) is 60.8 Å². The van der Waals surface area contributed by atoms with Crippen LogP contribution in [0.5, 0.6) is 0 Å². The van der Waals surface area contributed by atoms with Gasteiger partial charge < -0.3 is 10.1 Å². The molecule has 1 aromatic rings. The Morgan fingerprint density at radius 1 is 1.11 bits per heavy atom. The normalized spacial score (nSPS) is 25.4. The number of hydroxylamine groups is 1.